The molecule has 0 fully saturated rings. The Bertz CT molecular complexity index is 596. The summed E-state index contributed by atoms with van der Waals surface area (Å²) in [5.41, 5.74) is 5.87. The fraction of sp³-hybridized carbons (Fsp3) is 0.583. The summed E-state index contributed by atoms with van der Waals surface area (Å²) in [5, 5.41) is 5.82. The van der Waals surface area contributed by atoms with Crippen molar-refractivity contribution < 1.29 is 17.9 Å². The number of nitrogens with two attached hydrogens (primary N) is 1. The average Bonchev–Trinajstić information content (AvgIpc) is 2.80. The molecule has 0 spiro atoms. The van der Waals surface area contributed by atoms with Gasteiger partial charge in [-0.3, -0.25) is 4.79 Å². The van der Waals surface area contributed by atoms with Crippen LogP contribution in [-0.2, 0) is 14.6 Å². The van der Waals surface area contributed by atoms with Crippen molar-refractivity contribution in [2.75, 3.05) is 43.6 Å². The Morgan fingerprint density at radius 1 is 1.38 bits per heavy atom. The van der Waals surface area contributed by atoms with Gasteiger partial charge in [0, 0.05) is 20.2 Å². The lowest BCUT2D eigenvalue weighted by Gasteiger charge is -2.08. The number of hydrogen-bond acceptors (Lipinski definition) is 7. The molecule has 9 heteroatoms. The Hall–Kier alpha value is -1.32. The zero-order chi connectivity index (χ0) is 16.0. The fourth-order valence-corrected chi connectivity index (χ4v) is 4.30. The number of nitrogens with one attached hydrogen (secondary N) is 2. The molecule has 0 saturated heterocycles. The minimum atomic E-state index is -3.52. The third-order valence-corrected chi connectivity index (χ3v) is 5.86. The molecule has 1 aromatic rings. The molecule has 7 nitrogen and oxygen atoms in total. The second-order valence-corrected chi connectivity index (χ2v) is 7.35. The summed E-state index contributed by atoms with van der Waals surface area (Å²) in [6.07, 6.45) is 0. The SMILES string of the molecule is CCOCCNc1sc(C(=O)NC)c(N)c1S(=O)(=O)CC. The molecule has 0 bridgehead atoms. The average molecular weight is 335 g/mol. The van der Waals surface area contributed by atoms with Gasteiger partial charge in [-0.1, -0.05) is 6.92 Å². The summed E-state index contributed by atoms with van der Waals surface area (Å²) in [5.74, 6) is -0.482. The van der Waals surface area contributed by atoms with Crippen LogP contribution in [0, 0.1) is 0 Å². The monoisotopic (exact) mass is 335 g/mol. The Labute approximate surface area is 128 Å². The van der Waals surface area contributed by atoms with Gasteiger partial charge < -0.3 is 21.1 Å². The number of rotatable bonds is 8. The van der Waals surface area contributed by atoms with Gasteiger partial charge in [0.05, 0.1) is 18.0 Å². The predicted octanol–water partition coefficient (Wildman–Crippen LogP) is 0.932. The van der Waals surface area contributed by atoms with E-state index in [1.165, 1.54) is 14.0 Å². The number of thiophene rings is 1. The van der Waals surface area contributed by atoms with Crippen LogP contribution in [0.25, 0.3) is 0 Å². The summed E-state index contributed by atoms with van der Waals surface area (Å²) in [4.78, 5) is 12.0. The number of amides is 1. The van der Waals surface area contributed by atoms with E-state index in [2.05, 4.69) is 10.6 Å². The van der Waals surface area contributed by atoms with Crippen molar-refractivity contribution in [2.24, 2.45) is 0 Å². The van der Waals surface area contributed by atoms with Crippen molar-refractivity contribution in [1.29, 1.82) is 0 Å². The molecule has 1 amide bonds. The van der Waals surface area contributed by atoms with E-state index >= 15 is 0 Å². The Morgan fingerprint density at radius 3 is 2.57 bits per heavy atom. The molecule has 1 rings (SSSR count). The number of carbonyl (C=O) groups excluding carboxylic acids is 1. The van der Waals surface area contributed by atoms with Crippen molar-refractivity contribution in [3.05, 3.63) is 4.88 Å². The zero-order valence-corrected chi connectivity index (χ0v) is 14.0. The van der Waals surface area contributed by atoms with E-state index in [4.69, 9.17) is 10.5 Å². The smallest absolute Gasteiger partial charge is 0.263 e. The molecule has 21 heavy (non-hydrogen) atoms. The van der Waals surface area contributed by atoms with E-state index in [0.29, 0.717) is 24.8 Å². The van der Waals surface area contributed by atoms with Gasteiger partial charge in [0.25, 0.3) is 5.91 Å². The van der Waals surface area contributed by atoms with Gasteiger partial charge in [0.15, 0.2) is 9.84 Å². The second-order valence-electron chi connectivity index (χ2n) is 4.11. The van der Waals surface area contributed by atoms with Crippen LogP contribution in [-0.4, -0.2) is 46.9 Å². The van der Waals surface area contributed by atoms with E-state index in [-0.39, 0.29) is 21.2 Å². The fourth-order valence-electron chi connectivity index (χ4n) is 1.66. The van der Waals surface area contributed by atoms with Crippen LogP contribution >= 0.6 is 11.3 Å². The number of carbonyl (C=O) groups is 1. The largest absolute Gasteiger partial charge is 0.396 e. The Balaban J connectivity index is 3.18. The van der Waals surface area contributed by atoms with Crippen molar-refractivity contribution in [3.63, 3.8) is 0 Å². The van der Waals surface area contributed by atoms with Gasteiger partial charge >= 0.3 is 0 Å². The van der Waals surface area contributed by atoms with Gasteiger partial charge in [-0.2, -0.15) is 0 Å². The summed E-state index contributed by atoms with van der Waals surface area (Å²) < 4.78 is 29.6. The lowest BCUT2D eigenvalue weighted by atomic mass is 10.3. The molecule has 120 valence electrons. The molecule has 0 aliphatic carbocycles. The molecule has 0 saturated carbocycles. The van der Waals surface area contributed by atoms with Crippen molar-refractivity contribution in [2.45, 2.75) is 18.7 Å². The van der Waals surface area contributed by atoms with E-state index in [9.17, 15) is 13.2 Å². The summed E-state index contributed by atoms with van der Waals surface area (Å²) >= 11 is 1.04. The van der Waals surface area contributed by atoms with E-state index in [1.54, 1.807) is 0 Å². The number of hydrogen-bond donors (Lipinski definition) is 3. The zero-order valence-electron chi connectivity index (χ0n) is 12.4. The van der Waals surface area contributed by atoms with Gasteiger partial charge in [-0.15, -0.1) is 11.3 Å². The molecule has 4 N–H and O–H groups in total. The molecule has 1 heterocycles. The molecule has 1 aromatic heterocycles. The summed E-state index contributed by atoms with van der Waals surface area (Å²) in [6, 6.07) is 0. The van der Waals surface area contributed by atoms with Crippen molar-refractivity contribution >= 4 is 37.8 Å². The molecular formula is C12H21N3O4S2. The maximum absolute atomic E-state index is 12.2. The number of anilines is 2. The lowest BCUT2D eigenvalue weighted by Crippen LogP contribution is -2.18. The normalized spacial score (nSPS) is 11.4. The molecule has 0 aromatic carbocycles. The number of nitrogen functional groups attached to an aromatic ring is 1. The first kappa shape index (κ1) is 17.7. The van der Waals surface area contributed by atoms with Gasteiger partial charge in [-0.05, 0) is 6.92 Å². The maximum atomic E-state index is 12.2. The van der Waals surface area contributed by atoms with Crippen molar-refractivity contribution in [1.82, 2.24) is 5.32 Å². The van der Waals surface area contributed by atoms with Crippen LogP contribution in [0.4, 0.5) is 10.7 Å². The summed E-state index contributed by atoms with van der Waals surface area (Å²) in [6.45, 7) is 4.87. The van der Waals surface area contributed by atoms with Gasteiger partial charge in [-0.25, -0.2) is 8.42 Å². The highest BCUT2D eigenvalue weighted by Gasteiger charge is 2.28. The van der Waals surface area contributed by atoms with E-state index in [0.717, 1.165) is 11.3 Å². The molecular weight excluding hydrogens is 314 g/mol. The topological polar surface area (TPSA) is 111 Å². The maximum Gasteiger partial charge on any atom is 0.263 e. The number of ether oxygens (including phenoxy) is 1. The van der Waals surface area contributed by atoms with Crippen molar-refractivity contribution in [3.8, 4) is 0 Å². The third kappa shape index (κ3) is 4.08. The van der Waals surface area contributed by atoms with Gasteiger partial charge in [0.2, 0.25) is 0 Å². The van der Waals surface area contributed by atoms with Crippen LogP contribution in [0.2, 0.25) is 0 Å². The highest BCUT2D eigenvalue weighted by molar-refractivity contribution is 7.91. The molecule has 0 aliphatic heterocycles. The third-order valence-electron chi connectivity index (χ3n) is 2.76. The molecule has 0 atom stereocenters. The van der Waals surface area contributed by atoms with Crippen LogP contribution < -0.4 is 16.4 Å². The lowest BCUT2D eigenvalue weighted by molar-refractivity contribution is 0.0968. The Kier molecular flexibility index (Phi) is 6.43. The van der Waals surface area contributed by atoms with Crippen LogP contribution in [0.3, 0.4) is 0 Å². The quantitative estimate of drug-likeness (QED) is 0.610. The van der Waals surface area contributed by atoms with Crippen LogP contribution in [0.1, 0.15) is 23.5 Å². The first-order valence-corrected chi connectivity index (χ1v) is 9.04. The first-order chi connectivity index (χ1) is 9.88. The second kappa shape index (κ2) is 7.62. The highest BCUT2D eigenvalue weighted by atomic mass is 32.2. The predicted molar refractivity (Wildman–Crippen MR) is 84.8 cm³/mol. The highest BCUT2D eigenvalue weighted by Crippen LogP contribution is 2.39. The van der Waals surface area contributed by atoms with Gasteiger partial charge in [0.1, 0.15) is 14.8 Å². The Morgan fingerprint density at radius 2 is 2.05 bits per heavy atom. The van der Waals surface area contributed by atoms with E-state index in [1.807, 2.05) is 6.92 Å². The standard InChI is InChI=1S/C12H21N3O4S2/c1-4-19-7-6-15-12-10(21(17,18)5-2)8(13)9(20-12)11(16)14-3/h15H,4-7,13H2,1-3H3,(H,14,16). The number of sulfone groups is 1. The summed E-state index contributed by atoms with van der Waals surface area (Å²) in [7, 11) is -2.05. The molecule has 0 aliphatic rings. The molecule has 0 radical (unpaired) electrons. The van der Waals surface area contributed by atoms with E-state index < -0.39 is 15.7 Å². The minimum absolute atomic E-state index is 0.000102. The minimum Gasteiger partial charge on any atom is -0.396 e. The van der Waals surface area contributed by atoms with Crippen LogP contribution in [0.5, 0.6) is 0 Å². The first-order valence-electron chi connectivity index (χ1n) is 6.57. The van der Waals surface area contributed by atoms with Crippen LogP contribution in [0.15, 0.2) is 4.90 Å². The molecule has 0 unspecified atom stereocenters.